The number of amides is 1. The number of esters is 1. The van der Waals surface area contributed by atoms with E-state index >= 15 is 0 Å². The lowest BCUT2D eigenvalue weighted by molar-refractivity contribution is -0.160. The number of ether oxygens (including phenoxy) is 1. The highest BCUT2D eigenvalue weighted by molar-refractivity contribution is 5.84. The molecule has 1 N–H and O–H groups in total. The van der Waals surface area contributed by atoms with Gasteiger partial charge in [0.2, 0.25) is 5.91 Å². The van der Waals surface area contributed by atoms with E-state index in [1.165, 1.54) is 18.9 Å². The second-order valence-electron chi connectivity index (χ2n) is 3.39. The Morgan fingerprint density at radius 2 is 2.14 bits per heavy atom. The van der Waals surface area contributed by atoms with Gasteiger partial charge in [0.05, 0.1) is 13.2 Å². The summed E-state index contributed by atoms with van der Waals surface area (Å²) in [5, 5.41) is 9.60. The Labute approximate surface area is 82.6 Å². The summed E-state index contributed by atoms with van der Waals surface area (Å²) in [6.45, 7) is 1.89. The first kappa shape index (κ1) is 11.0. The van der Waals surface area contributed by atoms with E-state index in [9.17, 15) is 14.7 Å². The molecule has 1 saturated heterocycles. The van der Waals surface area contributed by atoms with Gasteiger partial charge in [-0.3, -0.25) is 4.79 Å². The van der Waals surface area contributed by atoms with Crippen LogP contribution in [0.15, 0.2) is 0 Å². The third kappa shape index (κ3) is 2.04. The lowest BCUT2D eigenvalue weighted by atomic mass is 9.99. The predicted molar refractivity (Wildman–Crippen MR) is 48.4 cm³/mol. The maximum Gasteiger partial charge on any atom is 0.331 e. The maximum absolute atomic E-state index is 11.3. The normalized spacial score (nSPS) is 27.2. The molecule has 0 radical (unpaired) electrons. The van der Waals surface area contributed by atoms with Crippen molar-refractivity contribution in [2.45, 2.75) is 31.9 Å². The van der Waals surface area contributed by atoms with Gasteiger partial charge in [-0.25, -0.2) is 4.79 Å². The fourth-order valence-electron chi connectivity index (χ4n) is 1.73. The standard InChI is InChI=1S/C9H15NO4/c1-6(11)10-5-3-4-7(12)8(10)9(13)14-2/h7-8,12H,3-5H2,1-2H3. The van der Waals surface area contributed by atoms with Gasteiger partial charge >= 0.3 is 5.97 Å². The van der Waals surface area contributed by atoms with Crippen LogP contribution < -0.4 is 0 Å². The van der Waals surface area contributed by atoms with Gasteiger partial charge in [0, 0.05) is 13.5 Å². The lowest BCUT2D eigenvalue weighted by Crippen LogP contribution is -2.54. The van der Waals surface area contributed by atoms with Gasteiger partial charge in [-0.05, 0) is 12.8 Å². The second-order valence-corrected chi connectivity index (χ2v) is 3.39. The highest BCUT2D eigenvalue weighted by Crippen LogP contribution is 2.18. The molecular weight excluding hydrogens is 186 g/mol. The van der Waals surface area contributed by atoms with Crippen LogP contribution in [0.2, 0.25) is 0 Å². The second kappa shape index (κ2) is 4.41. The number of piperidine rings is 1. The first-order chi connectivity index (χ1) is 6.57. The van der Waals surface area contributed by atoms with Crippen LogP contribution in [0, 0.1) is 0 Å². The van der Waals surface area contributed by atoms with Crippen LogP contribution in [0.3, 0.4) is 0 Å². The first-order valence-electron chi connectivity index (χ1n) is 4.61. The van der Waals surface area contributed by atoms with Crippen LogP contribution in [0.5, 0.6) is 0 Å². The summed E-state index contributed by atoms with van der Waals surface area (Å²) in [5.41, 5.74) is 0. The quantitative estimate of drug-likeness (QED) is 0.582. The fraction of sp³-hybridized carbons (Fsp3) is 0.778. The summed E-state index contributed by atoms with van der Waals surface area (Å²) < 4.78 is 4.55. The molecular formula is C9H15NO4. The Kier molecular flexibility index (Phi) is 3.46. The number of carbonyl (C=O) groups is 2. The topological polar surface area (TPSA) is 66.8 Å². The largest absolute Gasteiger partial charge is 0.467 e. The van der Waals surface area contributed by atoms with Crippen LogP contribution in [0.25, 0.3) is 0 Å². The molecule has 1 fully saturated rings. The first-order valence-corrected chi connectivity index (χ1v) is 4.61. The van der Waals surface area contributed by atoms with Crippen molar-refractivity contribution in [3.63, 3.8) is 0 Å². The van der Waals surface area contributed by atoms with Crippen LogP contribution in [0.4, 0.5) is 0 Å². The minimum Gasteiger partial charge on any atom is -0.467 e. The minimum atomic E-state index is -0.828. The molecule has 0 aromatic rings. The monoisotopic (exact) mass is 201 g/mol. The van der Waals surface area contributed by atoms with Gasteiger partial charge in [0.25, 0.3) is 0 Å². The smallest absolute Gasteiger partial charge is 0.331 e. The number of methoxy groups -OCH3 is 1. The summed E-state index contributed by atoms with van der Waals surface area (Å²) >= 11 is 0. The zero-order valence-electron chi connectivity index (χ0n) is 8.40. The Morgan fingerprint density at radius 3 is 2.64 bits per heavy atom. The third-order valence-corrected chi connectivity index (χ3v) is 2.45. The minimum absolute atomic E-state index is 0.209. The zero-order chi connectivity index (χ0) is 10.7. The number of hydrogen-bond donors (Lipinski definition) is 1. The van der Waals surface area contributed by atoms with Crippen molar-refractivity contribution in [2.75, 3.05) is 13.7 Å². The van der Waals surface area contributed by atoms with E-state index in [0.717, 1.165) is 0 Å². The predicted octanol–water partition coefficient (Wildman–Crippen LogP) is -0.469. The highest BCUT2D eigenvalue weighted by atomic mass is 16.5. The summed E-state index contributed by atoms with van der Waals surface area (Å²) in [6, 6.07) is -0.828. The Bertz CT molecular complexity index is 241. The molecule has 2 unspecified atom stereocenters. The van der Waals surface area contributed by atoms with Gasteiger partial charge < -0.3 is 14.7 Å². The van der Waals surface area contributed by atoms with E-state index in [4.69, 9.17) is 0 Å². The molecule has 80 valence electrons. The molecule has 0 saturated carbocycles. The molecule has 0 aliphatic carbocycles. The molecule has 1 aliphatic heterocycles. The van der Waals surface area contributed by atoms with Gasteiger partial charge in [-0.15, -0.1) is 0 Å². The number of hydrogen-bond acceptors (Lipinski definition) is 4. The van der Waals surface area contributed by atoms with Crippen LogP contribution >= 0.6 is 0 Å². The Hall–Kier alpha value is -1.10. The molecule has 2 atom stereocenters. The van der Waals surface area contributed by atoms with Crippen molar-refractivity contribution in [1.29, 1.82) is 0 Å². The lowest BCUT2D eigenvalue weighted by Gasteiger charge is -2.36. The van der Waals surface area contributed by atoms with E-state index in [0.29, 0.717) is 19.4 Å². The van der Waals surface area contributed by atoms with Crippen molar-refractivity contribution >= 4 is 11.9 Å². The third-order valence-electron chi connectivity index (χ3n) is 2.45. The Morgan fingerprint density at radius 1 is 1.50 bits per heavy atom. The van der Waals surface area contributed by atoms with Gasteiger partial charge in [-0.2, -0.15) is 0 Å². The molecule has 1 heterocycles. The van der Waals surface area contributed by atoms with E-state index in [1.54, 1.807) is 0 Å². The number of likely N-dealkylation sites (tertiary alicyclic amines) is 1. The maximum atomic E-state index is 11.3. The molecule has 5 heteroatoms. The molecule has 0 aromatic carbocycles. The number of rotatable bonds is 1. The average molecular weight is 201 g/mol. The van der Waals surface area contributed by atoms with E-state index in [-0.39, 0.29) is 5.91 Å². The van der Waals surface area contributed by atoms with Gasteiger partial charge in [-0.1, -0.05) is 0 Å². The van der Waals surface area contributed by atoms with Crippen LogP contribution in [-0.4, -0.2) is 47.7 Å². The molecule has 14 heavy (non-hydrogen) atoms. The number of nitrogens with zero attached hydrogens (tertiary/aromatic N) is 1. The van der Waals surface area contributed by atoms with E-state index < -0.39 is 18.1 Å². The van der Waals surface area contributed by atoms with Crippen molar-refractivity contribution < 1.29 is 19.4 Å². The number of aliphatic hydroxyl groups is 1. The zero-order valence-corrected chi connectivity index (χ0v) is 8.40. The summed E-state index contributed by atoms with van der Waals surface area (Å²) in [7, 11) is 1.25. The average Bonchev–Trinajstić information content (AvgIpc) is 2.16. The van der Waals surface area contributed by atoms with E-state index in [2.05, 4.69) is 4.74 Å². The SMILES string of the molecule is COC(=O)C1C(O)CCCN1C(C)=O. The molecule has 0 spiro atoms. The molecule has 5 nitrogen and oxygen atoms in total. The van der Waals surface area contributed by atoms with E-state index in [1.807, 2.05) is 0 Å². The van der Waals surface area contributed by atoms with Crippen molar-refractivity contribution in [2.24, 2.45) is 0 Å². The summed E-state index contributed by atoms with van der Waals surface area (Å²) in [6.07, 6.45) is 0.442. The van der Waals surface area contributed by atoms with Crippen LogP contribution in [-0.2, 0) is 14.3 Å². The van der Waals surface area contributed by atoms with Crippen LogP contribution in [0.1, 0.15) is 19.8 Å². The van der Waals surface area contributed by atoms with Crippen molar-refractivity contribution in [3.8, 4) is 0 Å². The molecule has 0 aromatic heterocycles. The Balaban J connectivity index is 2.81. The molecule has 0 bridgehead atoms. The number of carbonyl (C=O) groups excluding carboxylic acids is 2. The summed E-state index contributed by atoms with van der Waals surface area (Å²) in [5.74, 6) is -0.758. The fourth-order valence-corrected chi connectivity index (χ4v) is 1.73. The van der Waals surface area contributed by atoms with Crippen molar-refractivity contribution in [1.82, 2.24) is 4.90 Å². The summed E-state index contributed by atoms with van der Waals surface area (Å²) in [4.78, 5) is 23.9. The van der Waals surface area contributed by atoms with Gasteiger partial charge in [0.15, 0.2) is 6.04 Å². The van der Waals surface area contributed by atoms with Gasteiger partial charge in [0.1, 0.15) is 0 Å². The molecule has 1 rings (SSSR count). The molecule has 1 amide bonds. The number of aliphatic hydroxyl groups excluding tert-OH is 1. The highest BCUT2D eigenvalue weighted by Gasteiger charge is 2.37. The van der Waals surface area contributed by atoms with Crippen molar-refractivity contribution in [3.05, 3.63) is 0 Å². The molecule has 1 aliphatic rings.